The molecular weight excluding hydrogens is 516 g/mol. The van der Waals surface area contributed by atoms with Gasteiger partial charge in [0, 0.05) is 43.4 Å². The molecule has 0 aliphatic carbocycles. The summed E-state index contributed by atoms with van der Waals surface area (Å²) in [5.41, 5.74) is 8.93. The summed E-state index contributed by atoms with van der Waals surface area (Å²) in [5, 5.41) is 6.94. The fourth-order valence-corrected chi connectivity index (χ4v) is 6.41. The van der Waals surface area contributed by atoms with Crippen molar-refractivity contribution in [2.45, 2.75) is 0 Å². The average Bonchev–Trinajstić information content (AvgIpc) is 3.68. The van der Waals surface area contributed by atoms with Crippen molar-refractivity contribution in [3.05, 3.63) is 120 Å². The maximum Gasteiger partial charge on any atom is 0.154 e. The van der Waals surface area contributed by atoms with E-state index >= 15 is 0 Å². The molecular formula is C36H19ClO3. The Labute approximate surface area is 232 Å². The average molecular weight is 535 g/mol. The zero-order valence-corrected chi connectivity index (χ0v) is 21.8. The van der Waals surface area contributed by atoms with Crippen LogP contribution in [-0.4, -0.2) is 0 Å². The minimum Gasteiger partial charge on any atom is -0.456 e. The molecule has 0 radical (unpaired) electrons. The summed E-state index contributed by atoms with van der Waals surface area (Å²) in [6.07, 6.45) is 0. The van der Waals surface area contributed by atoms with Crippen molar-refractivity contribution in [3.8, 4) is 22.3 Å². The van der Waals surface area contributed by atoms with Gasteiger partial charge in [-0.3, -0.25) is 0 Å². The van der Waals surface area contributed by atoms with Crippen molar-refractivity contribution < 1.29 is 13.3 Å². The Kier molecular flexibility index (Phi) is 4.38. The molecule has 4 heteroatoms. The molecule has 0 bridgehead atoms. The predicted molar refractivity (Wildman–Crippen MR) is 164 cm³/mol. The lowest BCUT2D eigenvalue weighted by molar-refractivity contribution is 0.668. The molecule has 0 aliphatic rings. The van der Waals surface area contributed by atoms with E-state index in [9.17, 15) is 0 Å². The largest absolute Gasteiger partial charge is 0.456 e. The second-order valence-electron chi connectivity index (χ2n) is 10.2. The molecule has 0 atom stereocenters. The van der Waals surface area contributed by atoms with Crippen LogP contribution in [0.5, 0.6) is 0 Å². The van der Waals surface area contributed by atoms with E-state index in [4.69, 9.17) is 24.9 Å². The van der Waals surface area contributed by atoms with Crippen molar-refractivity contribution in [2.24, 2.45) is 0 Å². The molecule has 3 aromatic heterocycles. The van der Waals surface area contributed by atoms with Gasteiger partial charge in [-0.2, -0.15) is 0 Å². The molecule has 9 rings (SSSR count). The van der Waals surface area contributed by atoms with Crippen molar-refractivity contribution in [3.63, 3.8) is 0 Å². The molecule has 9 aromatic rings. The number of halogens is 1. The van der Waals surface area contributed by atoms with E-state index < -0.39 is 0 Å². The maximum absolute atomic E-state index is 6.56. The molecule has 3 nitrogen and oxygen atoms in total. The van der Waals surface area contributed by atoms with Crippen molar-refractivity contribution in [1.82, 2.24) is 0 Å². The molecule has 0 N–H and O–H groups in total. The van der Waals surface area contributed by atoms with E-state index in [-0.39, 0.29) is 0 Å². The Morgan fingerprint density at radius 3 is 1.82 bits per heavy atom. The van der Waals surface area contributed by atoms with Crippen LogP contribution in [0.2, 0.25) is 5.02 Å². The number of furan rings is 3. The third-order valence-electron chi connectivity index (χ3n) is 7.96. The fraction of sp³-hybridized carbons (Fsp3) is 0. The van der Waals surface area contributed by atoms with E-state index in [1.807, 2.05) is 48.5 Å². The van der Waals surface area contributed by atoms with E-state index in [0.717, 1.165) is 82.5 Å². The van der Waals surface area contributed by atoms with Crippen LogP contribution in [-0.2, 0) is 0 Å². The number of rotatable bonds is 2. The van der Waals surface area contributed by atoms with Crippen LogP contribution in [0.3, 0.4) is 0 Å². The molecule has 0 unspecified atom stereocenters. The highest BCUT2D eigenvalue weighted by Gasteiger charge is 2.21. The van der Waals surface area contributed by atoms with Crippen molar-refractivity contribution >= 4 is 77.4 Å². The Morgan fingerprint density at radius 1 is 0.400 bits per heavy atom. The van der Waals surface area contributed by atoms with Gasteiger partial charge in [0.05, 0.1) is 5.02 Å². The first kappa shape index (κ1) is 21.9. The molecule has 0 spiro atoms. The summed E-state index contributed by atoms with van der Waals surface area (Å²) >= 11 is 6.56. The standard InChI is InChI=1S/C36H19ClO3/c37-29-15-7-14-25-24-12-6-13-26(35(24)40-36(25)29)28-18-20(19-32-33(28)27-9-2-4-17-31(27)38-32)21-10-5-11-23-22-8-1-3-16-30(22)39-34(21)23/h1-19H. The second kappa shape index (κ2) is 8.01. The summed E-state index contributed by atoms with van der Waals surface area (Å²) in [5.74, 6) is 0. The van der Waals surface area contributed by atoms with Gasteiger partial charge >= 0.3 is 0 Å². The Balaban J connectivity index is 1.42. The van der Waals surface area contributed by atoms with Crippen LogP contribution >= 0.6 is 11.6 Å². The summed E-state index contributed by atoms with van der Waals surface area (Å²) < 4.78 is 19.4. The smallest absolute Gasteiger partial charge is 0.154 e. The molecule has 0 amide bonds. The van der Waals surface area contributed by atoms with Gasteiger partial charge in [0.2, 0.25) is 0 Å². The normalized spacial score (nSPS) is 12.1. The van der Waals surface area contributed by atoms with E-state index in [1.165, 1.54) is 0 Å². The third-order valence-corrected chi connectivity index (χ3v) is 8.26. The zero-order chi connectivity index (χ0) is 26.4. The molecule has 3 heterocycles. The molecule has 0 fully saturated rings. The quantitative estimate of drug-likeness (QED) is 0.221. The summed E-state index contributed by atoms with van der Waals surface area (Å²) in [7, 11) is 0. The second-order valence-corrected chi connectivity index (χ2v) is 10.6. The van der Waals surface area contributed by atoms with Gasteiger partial charge < -0.3 is 13.3 Å². The van der Waals surface area contributed by atoms with Crippen LogP contribution in [0.1, 0.15) is 0 Å². The highest BCUT2D eigenvalue weighted by Crippen LogP contribution is 2.45. The van der Waals surface area contributed by atoms with Crippen LogP contribution in [0.4, 0.5) is 0 Å². The van der Waals surface area contributed by atoms with Gasteiger partial charge in [-0.05, 0) is 41.5 Å². The highest BCUT2D eigenvalue weighted by molar-refractivity contribution is 6.36. The highest BCUT2D eigenvalue weighted by atomic mass is 35.5. The van der Waals surface area contributed by atoms with Gasteiger partial charge in [-0.25, -0.2) is 0 Å². The lowest BCUT2D eigenvalue weighted by Gasteiger charge is -2.10. The number of hydrogen-bond acceptors (Lipinski definition) is 3. The summed E-state index contributed by atoms with van der Waals surface area (Å²) in [6, 6.07) is 39.2. The number of benzene rings is 6. The minimum atomic E-state index is 0.601. The summed E-state index contributed by atoms with van der Waals surface area (Å²) in [6.45, 7) is 0. The molecule has 6 aromatic carbocycles. The Morgan fingerprint density at radius 2 is 1.00 bits per heavy atom. The number of para-hydroxylation sites is 5. The Bertz CT molecular complexity index is 2450. The van der Waals surface area contributed by atoms with E-state index in [2.05, 4.69) is 66.7 Å². The topological polar surface area (TPSA) is 39.4 Å². The first-order valence-corrected chi connectivity index (χ1v) is 13.6. The Hall–Kier alpha value is -4.99. The van der Waals surface area contributed by atoms with Crippen molar-refractivity contribution in [1.29, 1.82) is 0 Å². The number of fused-ring (bicyclic) bond motifs is 9. The fourth-order valence-electron chi connectivity index (χ4n) is 6.19. The zero-order valence-electron chi connectivity index (χ0n) is 21.1. The SMILES string of the molecule is Clc1cccc2c1oc1c(-c3cc(-c4cccc5c4oc4ccccc45)cc4oc5ccccc5c34)cccc12. The van der Waals surface area contributed by atoms with Gasteiger partial charge in [-0.15, -0.1) is 0 Å². The summed E-state index contributed by atoms with van der Waals surface area (Å²) in [4.78, 5) is 0. The van der Waals surface area contributed by atoms with Crippen LogP contribution in [0.25, 0.3) is 88.1 Å². The van der Waals surface area contributed by atoms with Gasteiger partial charge in [0.15, 0.2) is 5.58 Å². The third kappa shape index (κ3) is 2.95. The van der Waals surface area contributed by atoms with Gasteiger partial charge in [0.25, 0.3) is 0 Å². The van der Waals surface area contributed by atoms with Crippen LogP contribution in [0.15, 0.2) is 129 Å². The monoisotopic (exact) mass is 534 g/mol. The van der Waals surface area contributed by atoms with Gasteiger partial charge in [-0.1, -0.05) is 96.5 Å². The predicted octanol–water partition coefficient (Wildman–Crippen LogP) is 11.4. The number of hydrogen-bond donors (Lipinski definition) is 0. The molecule has 188 valence electrons. The van der Waals surface area contributed by atoms with Crippen LogP contribution < -0.4 is 0 Å². The molecule has 0 aliphatic heterocycles. The molecule has 0 saturated carbocycles. The van der Waals surface area contributed by atoms with Crippen molar-refractivity contribution in [2.75, 3.05) is 0 Å². The van der Waals surface area contributed by atoms with Gasteiger partial charge in [0.1, 0.15) is 27.9 Å². The molecule has 40 heavy (non-hydrogen) atoms. The first-order valence-electron chi connectivity index (χ1n) is 13.2. The lowest BCUT2D eigenvalue weighted by Crippen LogP contribution is -1.85. The van der Waals surface area contributed by atoms with E-state index in [0.29, 0.717) is 10.6 Å². The molecule has 0 saturated heterocycles. The minimum absolute atomic E-state index is 0.601. The van der Waals surface area contributed by atoms with Crippen LogP contribution in [0, 0.1) is 0 Å². The maximum atomic E-state index is 6.56. The van der Waals surface area contributed by atoms with E-state index in [1.54, 1.807) is 0 Å². The lowest BCUT2D eigenvalue weighted by atomic mass is 9.93. The first-order chi connectivity index (χ1) is 19.7.